The molecule has 2 fully saturated rings. The van der Waals surface area contributed by atoms with Crippen LogP contribution in [0.1, 0.15) is 51.9 Å². The summed E-state index contributed by atoms with van der Waals surface area (Å²) in [6.45, 7) is 5.77. The molecule has 0 aromatic heterocycles. The third kappa shape index (κ3) is 4.44. The molecule has 20 heavy (non-hydrogen) atoms. The fourth-order valence-corrected chi connectivity index (χ4v) is 4.26. The van der Waals surface area contributed by atoms with Gasteiger partial charge >= 0.3 is 0 Å². The third-order valence-electron chi connectivity index (χ3n) is 5.49. The van der Waals surface area contributed by atoms with Gasteiger partial charge in [0.15, 0.2) is 0 Å². The van der Waals surface area contributed by atoms with Crippen molar-refractivity contribution >= 4 is 0 Å². The normalized spacial score (nSPS) is 35.9. The Morgan fingerprint density at radius 2 is 2.00 bits per heavy atom. The lowest BCUT2D eigenvalue weighted by Gasteiger charge is -2.36. The van der Waals surface area contributed by atoms with Crippen molar-refractivity contribution in [2.75, 3.05) is 33.7 Å². The maximum atomic E-state index is 10.3. The van der Waals surface area contributed by atoms with Crippen molar-refractivity contribution in [3.63, 3.8) is 0 Å². The zero-order chi connectivity index (χ0) is 14.5. The van der Waals surface area contributed by atoms with Gasteiger partial charge in [0.05, 0.1) is 6.10 Å². The average molecular weight is 282 g/mol. The number of rotatable bonds is 6. The van der Waals surface area contributed by atoms with Gasteiger partial charge in [-0.3, -0.25) is 0 Å². The average Bonchev–Trinajstić information content (AvgIpc) is 2.79. The van der Waals surface area contributed by atoms with Crippen LogP contribution in [-0.2, 0) is 0 Å². The van der Waals surface area contributed by atoms with Gasteiger partial charge in [-0.15, -0.1) is 0 Å². The van der Waals surface area contributed by atoms with E-state index in [1.54, 1.807) is 0 Å². The van der Waals surface area contributed by atoms with E-state index in [2.05, 4.69) is 30.8 Å². The molecule has 2 rings (SSSR count). The van der Waals surface area contributed by atoms with Crippen LogP contribution >= 0.6 is 0 Å². The minimum absolute atomic E-state index is 0.0631. The Balaban J connectivity index is 1.77. The predicted molar refractivity (Wildman–Crippen MR) is 84.9 cm³/mol. The Bertz CT molecular complexity index is 284. The monoisotopic (exact) mass is 282 g/mol. The van der Waals surface area contributed by atoms with Gasteiger partial charge in [0.25, 0.3) is 0 Å². The highest BCUT2D eigenvalue weighted by molar-refractivity contribution is 4.84. The molecule has 1 saturated heterocycles. The van der Waals surface area contributed by atoms with Gasteiger partial charge in [-0.1, -0.05) is 19.8 Å². The molecular weight excluding hydrogens is 248 g/mol. The first kappa shape index (κ1) is 16.3. The van der Waals surface area contributed by atoms with Crippen molar-refractivity contribution in [1.29, 1.82) is 0 Å². The SMILES string of the molecule is CCCC1CCC(O)C(CN(C)CC2CCCN2C)C1. The minimum atomic E-state index is -0.0631. The third-order valence-corrected chi connectivity index (χ3v) is 5.49. The van der Waals surface area contributed by atoms with Gasteiger partial charge in [-0.25, -0.2) is 0 Å². The molecular formula is C17H34N2O. The summed E-state index contributed by atoms with van der Waals surface area (Å²) < 4.78 is 0. The summed E-state index contributed by atoms with van der Waals surface area (Å²) in [6, 6.07) is 0.729. The van der Waals surface area contributed by atoms with Crippen molar-refractivity contribution in [3.05, 3.63) is 0 Å². The summed E-state index contributed by atoms with van der Waals surface area (Å²) in [5, 5.41) is 10.3. The van der Waals surface area contributed by atoms with Gasteiger partial charge in [-0.2, -0.15) is 0 Å². The molecule has 1 aliphatic carbocycles. The van der Waals surface area contributed by atoms with Crippen molar-refractivity contribution in [2.45, 2.75) is 64.0 Å². The van der Waals surface area contributed by atoms with E-state index in [4.69, 9.17) is 0 Å². The van der Waals surface area contributed by atoms with E-state index in [-0.39, 0.29) is 6.10 Å². The second kappa shape index (κ2) is 7.77. The maximum absolute atomic E-state index is 10.3. The van der Waals surface area contributed by atoms with Gasteiger partial charge in [0.2, 0.25) is 0 Å². The molecule has 4 unspecified atom stereocenters. The molecule has 2 aliphatic rings. The summed E-state index contributed by atoms with van der Waals surface area (Å²) in [6.07, 6.45) is 8.75. The first-order valence-corrected chi connectivity index (χ1v) is 8.67. The molecule has 118 valence electrons. The fraction of sp³-hybridized carbons (Fsp3) is 1.00. The zero-order valence-electron chi connectivity index (χ0n) is 13.7. The van der Waals surface area contributed by atoms with Crippen LogP contribution in [0.3, 0.4) is 0 Å². The van der Waals surface area contributed by atoms with Crippen LogP contribution in [0, 0.1) is 11.8 Å². The minimum Gasteiger partial charge on any atom is -0.393 e. The number of aliphatic hydroxyl groups excluding tert-OH is 1. The van der Waals surface area contributed by atoms with Crippen LogP contribution < -0.4 is 0 Å². The Kier molecular flexibility index (Phi) is 6.31. The standard InChI is InChI=1S/C17H34N2O/c1-4-6-14-8-9-17(20)15(11-14)12-18(2)13-16-7-5-10-19(16)3/h14-17,20H,4-13H2,1-3H3. The zero-order valence-corrected chi connectivity index (χ0v) is 13.7. The lowest BCUT2D eigenvalue weighted by Crippen LogP contribution is -2.42. The van der Waals surface area contributed by atoms with E-state index in [1.165, 1.54) is 45.1 Å². The molecule has 0 bridgehead atoms. The Labute approximate surface area is 125 Å². The molecule has 1 aliphatic heterocycles. The number of aliphatic hydroxyl groups is 1. The van der Waals surface area contributed by atoms with Crippen LogP contribution in [0.2, 0.25) is 0 Å². The molecule has 0 spiro atoms. The first-order chi connectivity index (χ1) is 9.60. The van der Waals surface area contributed by atoms with Crippen LogP contribution in [0.4, 0.5) is 0 Å². The summed E-state index contributed by atoms with van der Waals surface area (Å²) in [5.74, 6) is 1.35. The Morgan fingerprint density at radius 3 is 2.65 bits per heavy atom. The molecule has 0 amide bonds. The molecule has 0 radical (unpaired) electrons. The van der Waals surface area contributed by atoms with E-state index in [1.807, 2.05) is 0 Å². The van der Waals surface area contributed by atoms with Crippen molar-refractivity contribution in [3.8, 4) is 0 Å². The summed E-state index contributed by atoms with van der Waals surface area (Å²) in [5.41, 5.74) is 0. The number of nitrogens with zero attached hydrogens (tertiary/aromatic N) is 2. The van der Waals surface area contributed by atoms with E-state index < -0.39 is 0 Å². The molecule has 0 aromatic carbocycles. The topological polar surface area (TPSA) is 26.7 Å². The number of likely N-dealkylation sites (tertiary alicyclic amines) is 1. The summed E-state index contributed by atoms with van der Waals surface area (Å²) in [7, 11) is 4.49. The lowest BCUT2D eigenvalue weighted by atomic mass is 9.77. The fourth-order valence-electron chi connectivity index (χ4n) is 4.26. The van der Waals surface area contributed by atoms with Gasteiger partial charge < -0.3 is 14.9 Å². The van der Waals surface area contributed by atoms with Crippen LogP contribution in [0.5, 0.6) is 0 Å². The molecule has 0 aromatic rings. The quantitative estimate of drug-likeness (QED) is 0.811. The van der Waals surface area contributed by atoms with Crippen LogP contribution in [-0.4, -0.2) is 60.8 Å². The van der Waals surface area contributed by atoms with Gasteiger partial charge in [0, 0.05) is 19.1 Å². The largest absolute Gasteiger partial charge is 0.393 e. The number of hydrogen-bond acceptors (Lipinski definition) is 3. The van der Waals surface area contributed by atoms with E-state index >= 15 is 0 Å². The second-order valence-electron chi connectivity index (χ2n) is 7.29. The molecule has 1 saturated carbocycles. The molecule has 3 heteroatoms. The van der Waals surface area contributed by atoms with Crippen molar-refractivity contribution in [1.82, 2.24) is 9.80 Å². The lowest BCUT2D eigenvalue weighted by molar-refractivity contribution is 0.0270. The van der Waals surface area contributed by atoms with Crippen LogP contribution in [0.15, 0.2) is 0 Å². The summed E-state index contributed by atoms with van der Waals surface area (Å²) >= 11 is 0. The molecule has 4 atom stereocenters. The molecule has 1 heterocycles. The first-order valence-electron chi connectivity index (χ1n) is 8.67. The molecule has 3 nitrogen and oxygen atoms in total. The predicted octanol–water partition coefficient (Wildman–Crippen LogP) is 2.59. The second-order valence-corrected chi connectivity index (χ2v) is 7.29. The highest BCUT2D eigenvalue weighted by atomic mass is 16.3. The number of likely N-dealkylation sites (N-methyl/N-ethyl adjacent to an activating group) is 2. The van der Waals surface area contributed by atoms with E-state index in [0.29, 0.717) is 5.92 Å². The van der Waals surface area contributed by atoms with Gasteiger partial charge in [-0.05, 0) is 64.6 Å². The van der Waals surface area contributed by atoms with Crippen molar-refractivity contribution in [2.24, 2.45) is 11.8 Å². The highest BCUT2D eigenvalue weighted by Crippen LogP contribution is 2.32. The maximum Gasteiger partial charge on any atom is 0.0580 e. The van der Waals surface area contributed by atoms with E-state index in [9.17, 15) is 5.11 Å². The smallest absolute Gasteiger partial charge is 0.0580 e. The molecule has 1 N–H and O–H groups in total. The van der Waals surface area contributed by atoms with Crippen LogP contribution in [0.25, 0.3) is 0 Å². The Hall–Kier alpha value is -0.120. The highest BCUT2D eigenvalue weighted by Gasteiger charge is 2.30. The Morgan fingerprint density at radius 1 is 1.20 bits per heavy atom. The van der Waals surface area contributed by atoms with Crippen molar-refractivity contribution < 1.29 is 5.11 Å². The summed E-state index contributed by atoms with van der Waals surface area (Å²) in [4.78, 5) is 4.96. The van der Waals surface area contributed by atoms with Gasteiger partial charge in [0.1, 0.15) is 0 Å². The number of hydrogen-bond donors (Lipinski definition) is 1. The van der Waals surface area contributed by atoms with E-state index in [0.717, 1.165) is 31.5 Å².